The minimum Gasteiger partial charge on any atom is -0.481 e. The minimum absolute atomic E-state index is 0.165. The highest BCUT2D eigenvalue weighted by atomic mass is 32.1. The number of carbonyl (C=O) groups excluding carboxylic acids is 1. The fourth-order valence-corrected chi connectivity index (χ4v) is 1.68. The number of benzene rings is 1. The average Bonchev–Trinajstić information content (AvgIpc) is 2.43. The highest BCUT2D eigenvalue weighted by molar-refractivity contribution is 7.80. The minimum atomic E-state index is -0.584. The van der Waals surface area contributed by atoms with Gasteiger partial charge in [-0.1, -0.05) is 24.4 Å². The number of ether oxygens (including phenoxy) is 2. The molecule has 0 spiro atoms. The largest absolute Gasteiger partial charge is 0.481 e. The molecule has 1 atom stereocenters. The van der Waals surface area contributed by atoms with Crippen LogP contribution in [0, 0.1) is 0 Å². The van der Waals surface area contributed by atoms with E-state index in [-0.39, 0.29) is 5.91 Å². The van der Waals surface area contributed by atoms with Crippen molar-refractivity contribution in [2.45, 2.75) is 19.4 Å². The molecule has 3 N–H and O–H groups in total. The van der Waals surface area contributed by atoms with E-state index in [1.54, 1.807) is 38.3 Å². The van der Waals surface area contributed by atoms with E-state index in [0.717, 1.165) is 6.42 Å². The molecule has 20 heavy (non-hydrogen) atoms. The molecular formula is C14H20N2O3S. The summed E-state index contributed by atoms with van der Waals surface area (Å²) in [5, 5.41) is 2.78. The molecule has 0 fully saturated rings. The molecule has 0 saturated carbocycles. The molecule has 1 aromatic carbocycles. The zero-order valence-corrected chi connectivity index (χ0v) is 12.5. The van der Waals surface area contributed by atoms with E-state index >= 15 is 0 Å². The molecule has 0 aliphatic heterocycles. The maximum absolute atomic E-state index is 11.8. The summed E-state index contributed by atoms with van der Waals surface area (Å²) in [6.07, 6.45) is 0.186. The van der Waals surface area contributed by atoms with E-state index in [1.165, 1.54) is 0 Å². The maximum atomic E-state index is 11.8. The first kappa shape index (κ1) is 16.4. The summed E-state index contributed by atoms with van der Waals surface area (Å²) in [6, 6.07) is 7.06. The topological polar surface area (TPSA) is 73.6 Å². The van der Waals surface area contributed by atoms with Crippen LogP contribution in [0.15, 0.2) is 24.3 Å². The fourth-order valence-electron chi connectivity index (χ4n) is 1.55. The van der Waals surface area contributed by atoms with Gasteiger partial charge in [0.05, 0.1) is 0 Å². The zero-order valence-electron chi connectivity index (χ0n) is 11.7. The lowest BCUT2D eigenvalue weighted by molar-refractivity contribution is -0.127. The highest BCUT2D eigenvalue weighted by Crippen LogP contribution is 2.15. The van der Waals surface area contributed by atoms with Crippen LogP contribution in [0.2, 0.25) is 0 Å². The molecule has 0 aliphatic rings. The Hall–Kier alpha value is -1.66. The number of hydrogen-bond acceptors (Lipinski definition) is 4. The molecule has 1 unspecified atom stereocenters. The molecule has 0 saturated heterocycles. The second-order valence-electron chi connectivity index (χ2n) is 4.29. The number of rotatable bonds is 8. The summed E-state index contributed by atoms with van der Waals surface area (Å²) in [5.41, 5.74) is 6.27. The molecule has 5 nitrogen and oxygen atoms in total. The van der Waals surface area contributed by atoms with E-state index in [0.29, 0.717) is 29.5 Å². The molecule has 0 radical (unpaired) electrons. The quantitative estimate of drug-likeness (QED) is 0.558. The van der Waals surface area contributed by atoms with Crippen molar-refractivity contribution in [2.24, 2.45) is 5.73 Å². The lowest BCUT2D eigenvalue weighted by atomic mass is 10.2. The van der Waals surface area contributed by atoms with Gasteiger partial charge in [-0.3, -0.25) is 4.79 Å². The highest BCUT2D eigenvalue weighted by Gasteiger charge is 2.14. The Morgan fingerprint density at radius 2 is 2.25 bits per heavy atom. The Labute approximate surface area is 124 Å². The van der Waals surface area contributed by atoms with Crippen LogP contribution in [0.25, 0.3) is 0 Å². The fraction of sp³-hybridized carbons (Fsp3) is 0.429. The van der Waals surface area contributed by atoms with E-state index in [2.05, 4.69) is 5.32 Å². The molecule has 1 rings (SSSR count). The van der Waals surface area contributed by atoms with Gasteiger partial charge in [0.15, 0.2) is 6.10 Å². The third-order valence-corrected chi connectivity index (χ3v) is 2.86. The summed E-state index contributed by atoms with van der Waals surface area (Å²) < 4.78 is 10.5. The average molecular weight is 296 g/mol. The number of methoxy groups -OCH3 is 1. The Morgan fingerprint density at radius 3 is 2.90 bits per heavy atom. The molecule has 0 heterocycles. The van der Waals surface area contributed by atoms with Crippen molar-refractivity contribution < 1.29 is 14.3 Å². The van der Waals surface area contributed by atoms with Gasteiger partial charge < -0.3 is 20.5 Å². The first-order chi connectivity index (χ1) is 9.54. The molecule has 110 valence electrons. The van der Waals surface area contributed by atoms with Crippen molar-refractivity contribution in [1.82, 2.24) is 5.32 Å². The third-order valence-electron chi connectivity index (χ3n) is 2.63. The summed E-state index contributed by atoms with van der Waals surface area (Å²) in [5.74, 6) is 0.400. The monoisotopic (exact) mass is 296 g/mol. The van der Waals surface area contributed by atoms with Crippen LogP contribution in [-0.2, 0) is 9.53 Å². The van der Waals surface area contributed by atoms with Crippen LogP contribution in [0.4, 0.5) is 0 Å². The van der Waals surface area contributed by atoms with Gasteiger partial charge >= 0.3 is 0 Å². The summed E-state index contributed by atoms with van der Waals surface area (Å²) in [6.45, 7) is 2.87. The normalized spacial score (nSPS) is 11.7. The molecule has 6 heteroatoms. The number of hydrogen-bond donors (Lipinski definition) is 2. The van der Waals surface area contributed by atoms with E-state index in [1.807, 2.05) is 0 Å². The van der Waals surface area contributed by atoms with Crippen molar-refractivity contribution in [2.75, 3.05) is 20.3 Å². The van der Waals surface area contributed by atoms with Crippen molar-refractivity contribution in [3.8, 4) is 5.75 Å². The van der Waals surface area contributed by atoms with Crippen LogP contribution in [0.3, 0.4) is 0 Å². The van der Waals surface area contributed by atoms with Gasteiger partial charge in [0.25, 0.3) is 5.91 Å². The first-order valence-corrected chi connectivity index (χ1v) is 6.78. The van der Waals surface area contributed by atoms with Crippen molar-refractivity contribution in [3.05, 3.63) is 29.8 Å². The van der Waals surface area contributed by atoms with Crippen molar-refractivity contribution >= 4 is 23.1 Å². The first-order valence-electron chi connectivity index (χ1n) is 6.37. The second kappa shape index (κ2) is 8.50. The van der Waals surface area contributed by atoms with Gasteiger partial charge in [0.1, 0.15) is 10.7 Å². The number of thiocarbonyl (C=S) groups is 1. The van der Waals surface area contributed by atoms with E-state index < -0.39 is 6.10 Å². The van der Waals surface area contributed by atoms with Gasteiger partial charge in [-0.15, -0.1) is 0 Å². The number of nitrogens with two attached hydrogens (primary N) is 1. The van der Waals surface area contributed by atoms with Crippen molar-refractivity contribution in [1.29, 1.82) is 0 Å². The molecule has 0 aliphatic carbocycles. The van der Waals surface area contributed by atoms with Crippen LogP contribution in [-0.4, -0.2) is 37.3 Å². The second-order valence-corrected chi connectivity index (χ2v) is 4.73. The van der Waals surface area contributed by atoms with Gasteiger partial charge in [-0.05, 0) is 25.5 Å². The third kappa shape index (κ3) is 5.54. The van der Waals surface area contributed by atoms with Gasteiger partial charge in [-0.2, -0.15) is 0 Å². The summed E-state index contributed by atoms with van der Waals surface area (Å²) >= 11 is 4.90. The van der Waals surface area contributed by atoms with Crippen molar-refractivity contribution in [3.63, 3.8) is 0 Å². The van der Waals surface area contributed by atoms with E-state index in [9.17, 15) is 4.79 Å². The van der Waals surface area contributed by atoms with Gasteiger partial charge in [0.2, 0.25) is 0 Å². The molecule has 0 aromatic heterocycles. The molecule has 0 bridgehead atoms. The Bertz CT molecular complexity index is 465. The Morgan fingerprint density at radius 1 is 1.50 bits per heavy atom. The number of nitrogens with one attached hydrogen (secondary N) is 1. The van der Waals surface area contributed by atoms with Crippen LogP contribution < -0.4 is 15.8 Å². The van der Waals surface area contributed by atoms with Crippen LogP contribution in [0.1, 0.15) is 18.9 Å². The lowest BCUT2D eigenvalue weighted by Gasteiger charge is -2.15. The Balaban J connectivity index is 2.48. The zero-order chi connectivity index (χ0) is 15.0. The van der Waals surface area contributed by atoms with E-state index in [4.69, 9.17) is 27.4 Å². The Kier molecular flexibility index (Phi) is 6.97. The predicted molar refractivity (Wildman–Crippen MR) is 81.9 cm³/mol. The lowest BCUT2D eigenvalue weighted by Crippen LogP contribution is -2.37. The van der Waals surface area contributed by atoms with Gasteiger partial charge in [0, 0.05) is 25.8 Å². The molecular weight excluding hydrogens is 276 g/mol. The summed E-state index contributed by atoms with van der Waals surface area (Å²) in [7, 11) is 1.63. The SMILES string of the molecule is COCCCNC(=O)C(C)Oc1cccc(C(N)=S)c1. The smallest absolute Gasteiger partial charge is 0.260 e. The number of carbonyl (C=O) groups is 1. The van der Waals surface area contributed by atoms with Crippen LogP contribution in [0.5, 0.6) is 5.75 Å². The standard InChI is InChI=1S/C14H20N2O3S/c1-10(14(17)16-7-4-8-18-2)19-12-6-3-5-11(9-12)13(15)20/h3,5-6,9-10H,4,7-8H2,1-2H3,(H2,15,20)(H,16,17). The maximum Gasteiger partial charge on any atom is 0.260 e. The van der Waals surface area contributed by atoms with Crippen LogP contribution >= 0.6 is 12.2 Å². The number of amides is 1. The molecule has 1 aromatic rings. The van der Waals surface area contributed by atoms with Gasteiger partial charge in [-0.25, -0.2) is 0 Å². The summed E-state index contributed by atoms with van der Waals surface area (Å²) in [4.78, 5) is 12.1. The predicted octanol–water partition coefficient (Wildman–Crippen LogP) is 1.24. The molecule has 1 amide bonds.